The number of nitrogens with zero attached hydrogens (tertiary/aromatic N) is 1. The van der Waals surface area contributed by atoms with Crippen molar-refractivity contribution in [3.8, 4) is 0 Å². The minimum absolute atomic E-state index is 0.230. The maximum Gasteiger partial charge on any atom is 0.255 e. The molecule has 1 heterocycles. The topological polar surface area (TPSA) is 71.1 Å². The van der Waals surface area contributed by atoms with E-state index in [0.29, 0.717) is 34.8 Å². The van der Waals surface area contributed by atoms with Crippen molar-refractivity contribution in [1.29, 1.82) is 0 Å². The SMILES string of the molecule is C=C(CCC(C)C(=O)Nc1ccc(F)nc1)NC(=O)c1ccc(Cl)c(Cl)c1. The lowest BCUT2D eigenvalue weighted by atomic mass is 10.0. The van der Waals surface area contributed by atoms with Crippen molar-refractivity contribution in [2.24, 2.45) is 5.92 Å². The summed E-state index contributed by atoms with van der Waals surface area (Å²) >= 11 is 11.7. The van der Waals surface area contributed by atoms with E-state index >= 15 is 0 Å². The molecule has 5 nitrogen and oxygen atoms in total. The molecule has 2 rings (SSSR count). The van der Waals surface area contributed by atoms with Gasteiger partial charge in [-0.3, -0.25) is 9.59 Å². The lowest BCUT2D eigenvalue weighted by Crippen LogP contribution is -2.24. The fourth-order valence-electron chi connectivity index (χ4n) is 2.17. The Labute approximate surface area is 166 Å². The molecule has 0 saturated heterocycles. The quantitative estimate of drug-likeness (QED) is 0.643. The maximum atomic E-state index is 12.8. The predicted octanol–water partition coefficient (Wildman–Crippen LogP) is 4.83. The normalized spacial score (nSPS) is 11.6. The highest BCUT2D eigenvalue weighted by Gasteiger charge is 2.15. The highest BCUT2D eigenvalue weighted by molar-refractivity contribution is 6.42. The van der Waals surface area contributed by atoms with Crippen molar-refractivity contribution < 1.29 is 14.0 Å². The number of carbonyl (C=O) groups excluding carboxylic acids is 2. The summed E-state index contributed by atoms with van der Waals surface area (Å²) < 4.78 is 12.8. The molecule has 0 fully saturated rings. The first-order valence-electron chi connectivity index (χ1n) is 8.13. The molecule has 0 spiro atoms. The van der Waals surface area contributed by atoms with Gasteiger partial charge in [0.2, 0.25) is 11.9 Å². The number of carbonyl (C=O) groups is 2. The van der Waals surface area contributed by atoms with Crippen LogP contribution in [0.25, 0.3) is 0 Å². The van der Waals surface area contributed by atoms with Gasteiger partial charge in [0.15, 0.2) is 0 Å². The van der Waals surface area contributed by atoms with Crippen LogP contribution in [0.2, 0.25) is 10.0 Å². The van der Waals surface area contributed by atoms with Crippen LogP contribution in [0.5, 0.6) is 0 Å². The first kappa shape index (κ1) is 20.9. The Morgan fingerprint density at radius 3 is 2.59 bits per heavy atom. The van der Waals surface area contributed by atoms with E-state index in [1.54, 1.807) is 13.0 Å². The molecule has 2 amide bonds. The average Bonchev–Trinajstić information content (AvgIpc) is 2.63. The van der Waals surface area contributed by atoms with Gasteiger partial charge in [0.25, 0.3) is 5.91 Å². The number of hydrogen-bond acceptors (Lipinski definition) is 3. The van der Waals surface area contributed by atoms with Gasteiger partial charge in [-0.05, 0) is 43.2 Å². The van der Waals surface area contributed by atoms with Crippen LogP contribution in [-0.2, 0) is 4.79 Å². The van der Waals surface area contributed by atoms with Gasteiger partial charge in [0, 0.05) is 17.2 Å². The van der Waals surface area contributed by atoms with Crippen molar-refractivity contribution >= 4 is 40.7 Å². The molecule has 1 aromatic heterocycles. The number of halogens is 3. The third-order valence-corrected chi connectivity index (χ3v) is 4.53. The van der Waals surface area contributed by atoms with Crippen LogP contribution in [0.4, 0.5) is 10.1 Å². The van der Waals surface area contributed by atoms with Gasteiger partial charge in [-0.1, -0.05) is 36.7 Å². The zero-order chi connectivity index (χ0) is 20.0. The molecule has 0 aliphatic rings. The summed E-state index contributed by atoms with van der Waals surface area (Å²) in [7, 11) is 0. The van der Waals surface area contributed by atoms with Crippen LogP contribution in [-0.4, -0.2) is 16.8 Å². The Morgan fingerprint density at radius 1 is 1.22 bits per heavy atom. The summed E-state index contributed by atoms with van der Waals surface area (Å²) in [5.74, 6) is -1.54. The Kier molecular flexibility index (Phi) is 7.33. The zero-order valence-electron chi connectivity index (χ0n) is 14.6. The lowest BCUT2D eigenvalue weighted by Gasteiger charge is -2.14. The molecule has 142 valence electrons. The number of pyridine rings is 1. The minimum atomic E-state index is -0.616. The molecule has 1 aromatic carbocycles. The van der Waals surface area contributed by atoms with E-state index < -0.39 is 5.95 Å². The predicted molar refractivity (Wildman–Crippen MR) is 104 cm³/mol. The number of allylic oxidation sites excluding steroid dienone is 1. The molecule has 0 aliphatic heterocycles. The molecule has 1 unspecified atom stereocenters. The first-order valence-corrected chi connectivity index (χ1v) is 8.88. The van der Waals surface area contributed by atoms with E-state index in [0.717, 1.165) is 0 Å². The summed E-state index contributed by atoms with van der Waals surface area (Å²) in [4.78, 5) is 27.8. The summed E-state index contributed by atoms with van der Waals surface area (Å²) in [6, 6.07) is 7.17. The van der Waals surface area contributed by atoms with Crippen molar-refractivity contribution in [2.75, 3.05) is 5.32 Å². The summed E-state index contributed by atoms with van der Waals surface area (Å²) in [5.41, 5.74) is 1.26. The van der Waals surface area contributed by atoms with E-state index in [4.69, 9.17) is 23.2 Å². The fourth-order valence-corrected chi connectivity index (χ4v) is 2.47. The average molecular weight is 410 g/mol. The molecule has 2 N–H and O–H groups in total. The zero-order valence-corrected chi connectivity index (χ0v) is 16.1. The number of rotatable bonds is 7. The van der Waals surface area contributed by atoms with Gasteiger partial charge < -0.3 is 10.6 Å². The van der Waals surface area contributed by atoms with Gasteiger partial charge in [0.1, 0.15) is 0 Å². The van der Waals surface area contributed by atoms with E-state index in [-0.39, 0.29) is 22.8 Å². The standard InChI is InChI=1S/C19H18Cl2FN3O2/c1-11(18(26)25-14-6-8-17(22)23-10-14)3-4-12(2)24-19(27)13-5-7-15(20)16(21)9-13/h5-11H,2-4H2,1H3,(H,24,27)(H,25,26). The Balaban J connectivity index is 1.81. The highest BCUT2D eigenvalue weighted by atomic mass is 35.5. The van der Waals surface area contributed by atoms with Gasteiger partial charge in [-0.2, -0.15) is 4.39 Å². The molecule has 8 heteroatoms. The van der Waals surface area contributed by atoms with Crippen LogP contribution >= 0.6 is 23.2 Å². The molecule has 0 bridgehead atoms. The number of hydrogen-bond donors (Lipinski definition) is 2. The molecule has 1 atom stereocenters. The van der Waals surface area contributed by atoms with Gasteiger partial charge in [-0.15, -0.1) is 0 Å². The molecule has 0 aliphatic carbocycles. The van der Waals surface area contributed by atoms with Gasteiger partial charge >= 0.3 is 0 Å². The number of nitrogens with one attached hydrogen (secondary N) is 2. The van der Waals surface area contributed by atoms with Gasteiger partial charge in [0.05, 0.1) is 21.9 Å². The first-order chi connectivity index (χ1) is 12.8. The molecule has 0 saturated carbocycles. The van der Waals surface area contributed by atoms with Crippen molar-refractivity contribution in [3.63, 3.8) is 0 Å². The third kappa shape index (κ3) is 6.34. The molecule has 2 aromatic rings. The Bertz CT molecular complexity index is 857. The third-order valence-electron chi connectivity index (χ3n) is 3.79. The summed E-state index contributed by atoms with van der Waals surface area (Å²) in [5, 5.41) is 5.98. The van der Waals surface area contributed by atoms with Crippen LogP contribution < -0.4 is 10.6 Å². The van der Waals surface area contributed by atoms with Crippen LogP contribution in [0.1, 0.15) is 30.1 Å². The van der Waals surface area contributed by atoms with Gasteiger partial charge in [-0.25, -0.2) is 4.98 Å². The fraction of sp³-hybridized carbons (Fsp3) is 0.211. The lowest BCUT2D eigenvalue weighted by molar-refractivity contribution is -0.119. The van der Waals surface area contributed by atoms with E-state index in [9.17, 15) is 14.0 Å². The van der Waals surface area contributed by atoms with Crippen LogP contribution in [0.15, 0.2) is 48.8 Å². The number of aromatic nitrogens is 1. The maximum absolute atomic E-state index is 12.8. The number of benzene rings is 1. The minimum Gasteiger partial charge on any atom is -0.326 e. The van der Waals surface area contributed by atoms with E-state index in [2.05, 4.69) is 22.2 Å². The van der Waals surface area contributed by atoms with E-state index in [1.165, 1.54) is 30.5 Å². The Hall–Kier alpha value is -2.44. The summed E-state index contributed by atoms with van der Waals surface area (Å²) in [6.07, 6.45) is 2.14. The number of anilines is 1. The molecule has 0 radical (unpaired) electrons. The smallest absolute Gasteiger partial charge is 0.255 e. The van der Waals surface area contributed by atoms with Crippen molar-refractivity contribution in [3.05, 3.63) is 70.4 Å². The monoisotopic (exact) mass is 409 g/mol. The second-order valence-electron chi connectivity index (χ2n) is 5.99. The number of amides is 2. The second-order valence-corrected chi connectivity index (χ2v) is 6.80. The molecule has 27 heavy (non-hydrogen) atoms. The largest absolute Gasteiger partial charge is 0.326 e. The second kappa shape index (κ2) is 9.48. The van der Waals surface area contributed by atoms with Crippen molar-refractivity contribution in [1.82, 2.24) is 10.3 Å². The summed E-state index contributed by atoms with van der Waals surface area (Å²) in [6.45, 7) is 5.56. The van der Waals surface area contributed by atoms with Crippen LogP contribution in [0, 0.1) is 11.9 Å². The van der Waals surface area contributed by atoms with Crippen LogP contribution in [0.3, 0.4) is 0 Å². The van der Waals surface area contributed by atoms with Crippen molar-refractivity contribution in [2.45, 2.75) is 19.8 Å². The Morgan fingerprint density at radius 2 is 1.96 bits per heavy atom. The van der Waals surface area contributed by atoms with E-state index in [1.807, 2.05) is 0 Å². The highest BCUT2D eigenvalue weighted by Crippen LogP contribution is 2.22. The molecular formula is C19H18Cl2FN3O2. The molecular weight excluding hydrogens is 392 g/mol.